The summed E-state index contributed by atoms with van der Waals surface area (Å²) in [7, 11) is -2.95. The predicted octanol–water partition coefficient (Wildman–Crippen LogP) is 2.70. The minimum atomic E-state index is -2.95. The molecule has 0 bridgehead atoms. The zero-order chi connectivity index (χ0) is 11.4. The summed E-state index contributed by atoms with van der Waals surface area (Å²) >= 11 is 0. The molecule has 0 saturated carbocycles. The molecule has 2 rings (SSSR count). The second-order valence-corrected chi connectivity index (χ2v) is 6.08. The Morgan fingerprint density at radius 2 is 2.19 bits per heavy atom. The molecule has 16 heavy (non-hydrogen) atoms. The minimum Gasteiger partial charge on any atom is -0.631 e. The summed E-state index contributed by atoms with van der Waals surface area (Å²) in [4.78, 5) is 12.5. The van der Waals surface area contributed by atoms with Gasteiger partial charge in [-0.25, -0.2) is 9.05 Å². The van der Waals surface area contributed by atoms with Crippen LogP contribution in [0.15, 0.2) is 30.3 Å². The van der Waals surface area contributed by atoms with Gasteiger partial charge in [0.05, 0.1) is 13.2 Å². The third-order valence-corrected chi connectivity index (χ3v) is 5.25. The second-order valence-electron chi connectivity index (χ2n) is 3.86. The Balaban J connectivity index is 2.23. The molecule has 1 aliphatic heterocycles. The molecular weight excluding hydrogens is 223 g/mol. The van der Waals surface area contributed by atoms with Crippen molar-refractivity contribution in [3.63, 3.8) is 0 Å². The zero-order valence-electron chi connectivity index (χ0n) is 9.46. The lowest BCUT2D eigenvalue weighted by Gasteiger charge is -2.37. The van der Waals surface area contributed by atoms with Gasteiger partial charge in [-0.2, -0.15) is 0 Å². The Kier molecular flexibility index (Phi) is 3.93. The summed E-state index contributed by atoms with van der Waals surface area (Å²) in [5.74, 6) is 0. The molecule has 0 spiro atoms. The van der Waals surface area contributed by atoms with Gasteiger partial charge in [-0.1, -0.05) is 30.3 Å². The van der Waals surface area contributed by atoms with E-state index in [9.17, 15) is 4.89 Å². The van der Waals surface area contributed by atoms with Crippen LogP contribution in [-0.2, 0) is 9.05 Å². The molecule has 0 radical (unpaired) electrons. The van der Waals surface area contributed by atoms with Crippen LogP contribution in [0.4, 0.5) is 0 Å². The standard InChI is InChI=1S/C12H17O3P/c1-2-14-16(13)12(9-6-10-15-16)11-7-4-3-5-8-11/h3-5,7-8,12H,2,6,9-10H2,1H3/t12-,16?/m1/s1. The lowest BCUT2D eigenvalue weighted by Crippen LogP contribution is -2.26. The smallest absolute Gasteiger partial charge is 0.245 e. The SMILES string of the molecule is CCO[P+]1([O-])OCCC[C@@H]1c1ccccc1. The van der Waals surface area contributed by atoms with Gasteiger partial charge in [0.1, 0.15) is 5.66 Å². The summed E-state index contributed by atoms with van der Waals surface area (Å²) in [5, 5.41) is 0. The van der Waals surface area contributed by atoms with Gasteiger partial charge in [0.2, 0.25) is 7.94 Å². The Labute approximate surface area is 97.0 Å². The van der Waals surface area contributed by atoms with Gasteiger partial charge in [0.15, 0.2) is 0 Å². The molecule has 1 aromatic carbocycles. The lowest BCUT2D eigenvalue weighted by atomic mass is 10.1. The summed E-state index contributed by atoms with van der Waals surface area (Å²) in [6.07, 6.45) is 1.82. The topological polar surface area (TPSA) is 41.5 Å². The number of rotatable bonds is 3. The highest BCUT2D eigenvalue weighted by atomic mass is 31.2. The highest BCUT2D eigenvalue weighted by Crippen LogP contribution is 2.68. The first kappa shape index (κ1) is 12.0. The molecular formula is C12H17O3P. The third kappa shape index (κ3) is 2.44. The van der Waals surface area contributed by atoms with Crippen molar-refractivity contribution in [3.05, 3.63) is 35.9 Å². The van der Waals surface area contributed by atoms with Crippen LogP contribution in [0.3, 0.4) is 0 Å². The predicted molar refractivity (Wildman–Crippen MR) is 62.9 cm³/mol. The highest BCUT2D eigenvalue weighted by molar-refractivity contribution is 7.59. The van der Waals surface area contributed by atoms with E-state index in [1.165, 1.54) is 0 Å². The van der Waals surface area contributed by atoms with Crippen molar-refractivity contribution in [1.82, 2.24) is 0 Å². The molecule has 2 atom stereocenters. The average Bonchev–Trinajstić information content (AvgIpc) is 2.31. The molecule has 1 heterocycles. The average molecular weight is 240 g/mol. The van der Waals surface area contributed by atoms with Gasteiger partial charge in [-0.05, 0) is 25.3 Å². The van der Waals surface area contributed by atoms with E-state index in [-0.39, 0.29) is 5.66 Å². The van der Waals surface area contributed by atoms with Gasteiger partial charge < -0.3 is 4.89 Å². The van der Waals surface area contributed by atoms with Gasteiger partial charge in [0.25, 0.3) is 0 Å². The van der Waals surface area contributed by atoms with Crippen molar-refractivity contribution >= 4 is 7.94 Å². The van der Waals surface area contributed by atoms with E-state index in [1.54, 1.807) is 0 Å². The fourth-order valence-corrected chi connectivity index (χ4v) is 4.26. The van der Waals surface area contributed by atoms with Crippen molar-refractivity contribution in [3.8, 4) is 0 Å². The van der Waals surface area contributed by atoms with Crippen LogP contribution < -0.4 is 4.89 Å². The van der Waals surface area contributed by atoms with E-state index in [0.717, 1.165) is 18.4 Å². The molecule has 4 heteroatoms. The maximum absolute atomic E-state index is 12.5. The van der Waals surface area contributed by atoms with Gasteiger partial charge in [0, 0.05) is 0 Å². The lowest BCUT2D eigenvalue weighted by molar-refractivity contribution is -0.225. The van der Waals surface area contributed by atoms with Crippen LogP contribution in [0, 0.1) is 0 Å². The van der Waals surface area contributed by atoms with Crippen LogP contribution in [0.1, 0.15) is 31.0 Å². The van der Waals surface area contributed by atoms with E-state index < -0.39 is 7.94 Å². The molecule has 1 unspecified atom stereocenters. The van der Waals surface area contributed by atoms with Crippen molar-refractivity contribution in [2.75, 3.05) is 13.2 Å². The third-order valence-electron chi connectivity index (χ3n) is 2.77. The Morgan fingerprint density at radius 1 is 1.44 bits per heavy atom. The fourth-order valence-electron chi connectivity index (χ4n) is 2.05. The molecule has 0 N–H and O–H groups in total. The second kappa shape index (κ2) is 5.24. The van der Waals surface area contributed by atoms with Crippen LogP contribution in [-0.4, -0.2) is 13.2 Å². The summed E-state index contributed by atoms with van der Waals surface area (Å²) < 4.78 is 10.8. The molecule has 0 amide bonds. The van der Waals surface area contributed by atoms with E-state index in [2.05, 4.69) is 0 Å². The monoisotopic (exact) mass is 240 g/mol. The first-order valence-corrected chi connectivity index (χ1v) is 7.31. The summed E-state index contributed by atoms with van der Waals surface area (Å²) in [6, 6.07) is 9.86. The Morgan fingerprint density at radius 3 is 2.88 bits per heavy atom. The molecule has 1 aliphatic rings. The van der Waals surface area contributed by atoms with Gasteiger partial charge >= 0.3 is 0 Å². The number of hydrogen-bond donors (Lipinski definition) is 0. The van der Waals surface area contributed by atoms with E-state index in [1.807, 2.05) is 37.3 Å². The molecule has 0 aromatic heterocycles. The minimum absolute atomic E-state index is 0.0950. The number of benzene rings is 1. The van der Waals surface area contributed by atoms with Crippen LogP contribution in [0.5, 0.6) is 0 Å². The quantitative estimate of drug-likeness (QED) is 0.763. The molecule has 1 saturated heterocycles. The summed E-state index contributed by atoms with van der Waals surface area (Å²) in [6.45, 7) is 2.82. The molecule has 0 aliphatic carbocycles. The van der Waals surface area contributed by atoms with Crippen molar-refractivity contribution in [2.24, 2.45) is 0 Å². The van der Waals surface area contributed by atoms with Crippen molar-refractivity contribution in [1.29, 1.82) is 0 Å². The van der Waals surface area contributed by atoms with Crippen LogP contribution in [0.25, 0.3) is 0 Å². The Hall–Kier alpha value is -0.470. The first-order valence-electron chi connectivity index (χ1n) is 5.70. The van der Waals surface area contributed by atoms with Crippen molar-refractivity contribution in [2.45, 2.75) is 25.4 Å². The highest BCUT2D eigenvalue weighted by Gasteiger charge is 2.44. The fraction of sp³-hybridized carbons (Fsp3) is 0.500. The molecule has 1 aromatic rings. The molecule has 3 nitrogen and oxygen atoms in total. The van der Waals surface area contributed by atoms with E-state index >= 15 is 0 Å². The van der Waals surface area contributed by atoms with Gasteiger partial charge in [-0.15, -0.1) is 0 Å². The first-order chi connectivity index (χ1) is 7.76. The largest absolute Gasteiger partial charge is 0.631 e. The molecule has 88 valence electrons. The number of hydrogen-bond acceptors (Lipinski definition) is 3. The Bertz CT molecular complexity index is 326. The van der Waals surface area contributed by atoms with Crippen LogP contribution in [0.2, 0.25) is 0 Å². The normalized spacial score (nSPS) is 30.2. The van der Waals surface area contributed by atoms with Crippen molar-refractivity contribution < 1.29 is 13.9 Å². The zero-order valence-corrected chi connectivity index (χ0v) is 10.4. The van der Waals surface area contributed by atoms with Gasteiger partial charge in [-0.3, -0.25) is 0 Å². The van der Waals surface area contributed by atoms with E-state index in [0.29, 0.717) is 13.2 Å². The summed E-state index contributed by atoms with van der Waals surface area (Å²) in [5.41, 5.74) is 0.960. The maximum atomic E-state index is 12.5. The van der Waals surface area contributed by atoms with Crippen LogP contribution >= 0.6 is 7.94 Å². The van der Waals surface area contributed by atoms with E-state index in [4.69, 9.17) is 9.05 Å². The maximum Gasteiger partial charge on any atom is 0.245 e. The molecule has 1 fully saturated rings.